The number of anilines is 1. The lowest BCUT2D eigenvalue weighted by atomic mass is 10.0. The maximum atomic E-state index is 12.1. The van der Waals surface area contributed by atoms with Gasteiger partial charge in [0.05, 0.1) is 25.4 Å². The summed E-state index contributed by atoms with van der Waals surface area (Å²) >= 11 is 1.64. The minimum Gasteiger partial charge on any atom is -0.481 e. The molecule has 1 fully saturated rings. The number of aliphatic carboxylic acids is 1. The predicted octanol–water partition coefficient (Wildman–Crippen LogP) is 4.03. The van der Waals surface area contributed by atoms with E-state index in [9.17, 15) is 14.7 Å². The first kappa shape index (κ1) is 27.2. The normalized spacial score (nSPS) is 19.9. The van der Waals surface area contributed by atoms with Crippen LogP contribution in [-0.2, 0) is 25.7 Å². The van der Waals surface area contributed by atoms with Gasteiger partial charge in [0.2, 0.25) is 5.91 Å². The Morgan fingerprint density at radius 1 is 0.943 bits per heavy atom. The van der Waals surface area contributed by atoms with Gasteiger partial charge in [-0.15, -0.1) is 0 Å². The van der Waals surface area contributed by atoms with Crippen LogP contribution in [0.4, 0.5) is 5.69 Å². The summed E-state index contributed by atoms with van der Waals surface area (Å²) in [6.45, 7) is 0.110. The van der Waals surface area contributed by atoms with Crippen molar-refractivity contribution in [1.82, 2.24) is 0 Å². The Bertz CT molecular complexity index is 936. The van der Waals surface area contributed by atoms with Crippen LogP contribution in [0.5, 0.6) is 0 Å². The SMILES string of the molecule is O=C(O)CCCCC(=O)Nc1ccc(C2OC(CSCCO)CC(c3ccc(CO)cc3)O2)cc1. The van der Waals surface area contributed by atoms with E-state index in [0.29, 0.717) is 30.7 Å². The first-order valence-electron chi connectivity index (χ1n) is 11.8. The third kappa shape index (κ3) is 8.94. The Hall–Kier alpha value is -2.43. The Kier molecular flexibility index (Phi) is 11.0. The molecule has 4 N–H and O–H groups in total. The van der Waals surface area contributed by atoms with Gasteiger partial charge in [-0.3, -0.25) is 9.59 Å². The van der Waals surface area contributed by atoms with Crippen LogP contribution in [0.3, 0.4) is 0 Å². The number of thioether (sulfide) groups is 1. The molecule has 0 spiro atoms. The average Bonchev–Trinajstić information content (AvgIpc) is 2.87. The molecule has 190 valence electrons. The van der Waals surface area contributed by atoms with E-state index in [1.807, 2.05) is 36.4 Å². The van der Waals surface area contributed by atoms with Crippen molar-refractivity contribution < 1.29 is 34.4 Å². The molecule has 9 heteroatoms. The third-order valence-electron chi connectivity index (χ3n) is 5.67. The fourth-order valence-corrected chi connectivity index (χ4v) is 4.58. The van der Waals surface area contributed by atoms with Gasteiger partial charge in [0, 0.05) is 42.0 Å². The van der Waals surface area contributed by atoms with E-state index in [1.54, 1.807) is 23.9 Å². The molecule has 8 nitrogen and oxygen atoms in total. The van der Waals surface area contributed by atoms with E-state index >= 15 is 0 Å². The highest BCUT2D eigenvalue weighted by Gasteiger charge is 2.32. The van der Waals surface area contributed by atoms with Crippen LogP contribution >= 0.6 is 11.8 Å². The first-order chi connectivity index (χ1) is 17.0. The van der Waals surface area contributed by atoms with Gasteiger partial charge in [-0.05, 0) is 36.1 Å². The predicted molar refractivity (Wildman–Crippen MR) is 134 cm³/mol. The number of amides is 1. The number of aliphatic hydroxyl groups excluding tert-OH is 2. The van der Waals surface area contributed by atoms with Crippen molar-refractivity contribution in [2.24, 2.45) is 0 Å². The topological polar surface area (TPSA) is 125 Å². The zero-order chi connectivity index (χ0) is 25.0. The van der Waals surface area contributed by atoms with Crippen molar-refractivity contribution in [2.75, 3.05) is 23.4 Å². The number of carbonyl (C=O) groups excluding carboxylic acids is 1. The quantitative estimate of drug-likeness (QED) is 0.302. The summed E-state index contributed by atoms with van der Waals surface area (Å²) in [7, 11) is 0. The van der Waals surface area contributed by atoms with Crippen molar-refractivity contribution >= 4 is 29.3 Å². The number of nitrogens with one attached hydrogen (secondary N) is 1. The number of hydrogen-bond donors (Lipinski definition) is 4. The number of carbonyl (C=O) groups is 2. The molecule has 0 saturated carbocycles. The molecule has 1 aliphatic rings. The number of hydrogen-bond acceptors (Lipinski definition) is 7. The lowest BCUT2D eigenvalue weighted by Crippen LogP contribution is -2.31. The van der Waals surface area contributed by atoms with Crippen molar-refractivity contribution in [2.45, 2.75) is 57.2 Å². The molecule has 3 unspecified atom stereocenters. The monoisotopic (exact) mass is 503 g/mol. The standard InChI is InChI=1S/C26H33NO7S/c28-13-14-35-17-22-15-23(19-7-5-18(16-29)6-8-19)34-26(33-22)20-9-11-21(12-10-20)27-24(30)3-1-2-4-25(31)32/h5-12,22-23,26,28-29H,1-4,13-17H2,(H,27,30)(H,31,32). The number of aliphatic hydroxyl groups is 2. The summed E-state index contributed by atoms with van der Waals surface area (Å²) in [4.78, 5) is 22.7. The number of unbranched alkanes of at least 4 members (excludes halogenated alkanes) is 1. The minimum absolute atomic E-state index is 0.0107. The van der Waals surface area contributed by atoms with E-state index in [-0.39, 0.29) is 44.2 Å². The van der Waals surface area contributed by atoms with Crippen LogP contribution in [0.15, 0.2) is 48.5 Å². The van der Waals surface area contributed by atoms with E-state index in [1.165, 1.54) is 0 Å². The maximum absolute atomic E-state index is 12.1. The van der Waals surface area contributed by atoms with Crippen molar-refractivity contribution in [3.05, 3.63) is 65.2 Å². The molecular weight excluding hydrogens is 470 g/mol. The van der Waals surface area contributed by atoms with Gasteiger partial charge in [0.25, 0.3) is 0 Å². The van der Waals surface area contributed by atoms with Gasteiger partial charge >= 0.3 is 5.97 Å². The van der Waals surface area contributed by atoms with Crippen LogP contribution in [0.2, 0.25) is 0 Å². The molecule has 1 saturated heterocycles. The van der Waals surface area contributed by atoms with E-state index in [4.69, 9.17) is 19.7 Å². The smallest absolute Gasteiger partial charge is 0.303 e. The Morgan fingerprint density at radius 3 is 2.29 bits per heavy atom. The fourth-order valence-electron chi connectivity index (χ4n) is 3.81. The summed E-state index contributed by atoms with van der Waals surface area (Å²) in [5, 5.41) is 29.9. The molecule has 0 aliphatic carbocycles. The molecule has 0 aromatic heterocycles. The summed E-state index contributed by atoms with van der Waals surface area (Å²) in [5.41, 5.74) is 3.34. The molecule has 35 heavy (non-hydrogen) atoms. The summed E-state index contributed by atoms with van der Waals surface area (Å²) in [6, 6.07) is 15.0. The third-order valence-corrected chi connectivity index (χ3v) is 6.74. The first-order valence-corrected chi connectivity index (χ1v) is 12.9. The summed E-state index contributed by atoms with van der Waals surface area (Å²) in [5.74, 6) is 0.376. The molecule has 2 aromatic rings. The van der Waals surface area contributed by atoms with E-state index < -0.39 is 12.3 Å². The van der Waals surface area contributed by atoms with Crippen molar-refractivity contribution in [1.29, 1.82) is 0 Å². The lowest BCUT2D eigenvalue weighted by Gasteiger charge is -2.36. The number of carboxylic acids is 1. The molecule has 1 heterocycles. The second kappa shape index (κ2) is 14.2. The second-order valence-corrected chi connectivity index (χ2v) is 9.57. The zero-order valence-corrected chi connectivity index (χ0v) is 20.4. The maximum Gasteiger partial charge on any atom is 0.303 e. The van der Waals surface area contributed by atoms with Crippen LogP contribution < -0.4 is 5.32 Å². The molecule has 1 aliphatic heterocycles. The number of ether oxygens (including phenoxy) is 2. The Morgan fingerprint density at radius 2 is 1.63 bits per heavy atom. The molecule has 3 rings (SSSR count). The Labute approximate surface area is 209 Å². The van der Waals surface area contributed by atoms with Gasteiger partial charge in [0.15, 0.2) is 6.29 Å². The Balaban J connectivity index is 1.63. The number of rotatable bonds is 13. The zero-order valence-electron chi connectivity index (χ0n) is 19.6. The highest BCUT2D eigenvalue weighted by Crippen LogP contribution is 2.39. The summed E-state index contributed by atoms with van der Waals surface area (Å²) < 4.78 is 12.5. The number of benzene rings is 2. The largest absolute Gasteiger partial charge is 0.481 e. The van der Waals surface area contributed by atoms with Crippen LogP contribution in [0.1, 0.15) is 61.2 Å². The van der Waals surface area contributed by atoms with Gasteiger partial charge in [-0.1, -0.05) is 36.4 Å². The van der Waals surface area contributed by atoms with Crippen LogP contribution in [-0.4, -0.2) is 51.4 Å². The average molecular weight is 504 g/mol. The van der Waals surface area contributed by atoms with Gasteiger partial charge < -0.3 is 30.1 Å². The van der Waals surface area contributed by atoms with Crippen LogP contribution in [0, 0.1) is 0 Å². The van der Waals surface area contributed by atoms with Crippen molar-refractivity contribution in [3.8, 4) is 0 Å². The van der Waals surface area contributed by atoms with Crippen LogP contribution in [0.25, 0.3) is 0 Å². The van der Waals surface area contributed by atoms with E-state index in [0.717, 1.165) is 22.4 Å². The van der Waals surface area contributed by atoms with Gasteiger partial charge in [0.1, 0.15) is 0 Å². The highest BCUT2D eigenvalue weighted by atomic mass is 32.2. The minimum atomic E-state index is -0.855. The van der Waals surface area contributed by atoms with Crippen molar-refractivity contribution in [3.63, 3.8) is 0 Å². The van der Waals surface area contributed by atoms with E-state index in [2.05, 4.69) is 5.32 Å². The fraction of sp³-hybridized carbons (Fsp3) is 0.462. The molecule has 1 amide bonds. The molecule has 0 radical (unpaired) electrons. The van der Waals surface area contributed by atoms with Gasteiger partial charge in [-0.25, -0.2) is 0 Å². The van der Waals surface area contributed by atoms with Gasteiger partial charge in [-0.2, -0.15) is 11.8 Å². The summed E-state index contributed by atoms with van der Waals surface area (Å²) in [6.07, 6.45) is 1.21. The molecular formula is C26H33NO7S. The lowest BCUT2D eigenvalue weighted by molar-refractivity contribution is -0.245. The number of carboxylic acid groups (broad SMARTS) is 1. The molecule has 2 aromatic carbocycles. The second-order valence-electron chi connectivity index (χ2n) is 8.42. The molecule has 0 bridgehead atoms. The highest BCUT2D eigenvalue weighted by molar-refractivity contribution is 7.99. The molecule has 3 atom stereocenters.